The third-order valence-electron chi connectivity index (χ3n) is 3.46. The van der Waals surface area contributed by atoms with Crippen molar-refractivity contribution in [3.8, 4) is 0 Å². The Labute approximate surface area is 140 Å². The van der Waals surface area contributed by atoms with E-state index < -0.39 is 23.8 Å². The molecule has 0 fully saturated rings. The maximum Gasteiger partial charge on any atom is 0.339 e. The average molecular weight is 392 g/mol. The van der Waals surface area contributed by atoms with Gasteiger partial charge in [-0.05, 0) is 13.8 Å². The van der Waals surface area contributed by atoms with Crippen molar-refractivity contribution in [2.45, 2.75) is 25.9 Å². The summed E-state index contributed by atoms with van der Waals surface area (Å²) in [5, 5.41) is 0. The third-order valence-corrected chi connectivity index (χ3v) is 11.7. The van der Waals surface area contributed by atoms with Gasteiger partial charge in [0.15, 0.2) is 0 Å². The van der Waals surface area contributed by atoms with Crippen LogP contribution in [0.1, 0.15) is 13.8 Å². The van der Waals surface area contributed by atoms with Gasteiger partial charge >= 0.3 is 23.8 Å². The Morgan fingerprint density at radius 1 is 0.696 bits per heavy atom. The molecule has 0 aliphatic carbocycles. The predicted molar refractivity (Wildman–Crippen MR) is 91.6 cm³/mol. The zero-order valence-corrected chi connectivity index (χ0v) is 17.7. The number of hydrogen-bond acceptors (Lipinski definition) is 8. The quantitative estimate of drug-likeness (QED) is 0.328. The van der Waals surface area contributed by atoms with Gasteiger partial charge in [-0.3, -0.25) is 9.13 Å². The van der Waals surface area contributed by atoms with Crippen molar-refractivity contribution in [1.29, 1.82) is 0 Å². The monoisotopic (exact) mass is 392 g/mol. The summed E-state index contributed by atoms with van der Waals surface area (Å²) in [6.07, 6.45) is 0.354. The second kappa shape index (κ2) is 11.1. The van der Waals surface area contributed by atoms with Crippen LogP contribution in [0.25, 0.3) is 0 Å². The molecule has 0 amide bonds. The van der Waals surface area contributed by atoms with Gasteiger partial charge < -0.3 is 26.9 Å². The van der Waals surface area contributed by atoms with E-state index >= 15 is 0 Å². The molecule has 0 aliphatic heterocycles. The van der Waals surface area contributed by atoms with E-state index in [1.165, 1.54) is 28.4 Å². The highest BCUT2D eigenvalue weighted by Gasteiger charge is 2.42. The van der Waals surface area contributed by atoms with Crippen molar-refractivity contribution in [1.82, 2.24) is 0 Å². The van der Waals surface area contributed by atoms with Crippen LogP contribution in [0.4, 0.5) is 0 Å². The lowest BCUT2D eigenvalue weighted by Crippen LogP contribution is -2.44. The molecule has 0 N–H and O–H groups in total. The molecule has 0 rings (SSSR count). The molecule has 11 heteroatoms. The van der Waals surface area contributed by atoms with E-state index in [9.17, 15) is 9.13 Å². The molecule has 0 spiro atoms. The lowest BCUT2D eigenvalue weighted by molar-refractivity contribution is 0.182. The van der Waals surface area contributed by atoms with Crippen LogP contribution in [-0.2, 0) is 36.1 Å². The molecule has 0 aliphatic rings. The number of hydrogen-bond donors (Lipinski definition) is 0. The van der Waals surface area contributed by atoms with Crippen LogP contribution in [0, 0.1) is 0 Å². The molecule has 0 unspecified atom stereocenters. The van der Waals surface area contributed by atoms with Gasteiger partial charge in [-0.2, -0.15) is 0 Å². The first-order chi connectivity index (χ1) is 10.8. The minimum absolute atomic E-state index is 0.177. The van der Waals surface area contributed by atoms with Gasteiger partial charge in [0, 0.05) is 53.7 Å². The van der Waals surface area contributed by atoms with Crippen molar-refractivity contribution < 1.29 is 36.1 Å². The molecule has 0 atom stereocenters. The van der Waals surface area contributed by atoms with Gasteiger partial charge in [-0.25, -0.2) is 0 Å². The third kappa shape index (κ3) is 7.90. The van der Waals surface area contributed by atoms with Crippen LogP contribution in [0.5, 0.6) is 0 Å². The highest BCUT2D eigenvalue weighted by molar-refractivity contribution is 7.54. The topological polar surface area (TPSA) is 89.5 Å². The first-order valence-corrected chi connectivity index (χ1v) is 13.2. The van der Waals surface area contributed by atoms with Gasteiger partial charge in [0.2, 0.25) is 0 Å². The summed E-state index contributed by atoms with van der Waals surface area (Å²) in [4.78, 5) is 0. The molecule has 23 heavy (non-hydrogen) atoms. The smallest absolute Gasteiger partial charge is 0.339 e. The van der Waals surface area contributed by atoms with Crippen LogP contribution >= 0.6 is 15.2 Å². The number of rotatable bonds is 14. The summed E-state index contributed by atoms with van der Waals surface area (Å²) in [6.45, 7) is 4.61. The molecule has 0 heterocycles. The van der Waals surface area contributed by atoms with Gasteiger partial charge in [0.05, 0.1) is 12.3 Å². The van der Waals surface area contributed by atoms with Crippen molar-refractivity contribution in [3.63, 3.8) is 0 Å². The maximum absolute atomic E-state index is 12.3. The van der Waals surface area contributed by atoms with E-state index in [-0.39, 0.29) is 12.3 Å². The van der Waals surface area contributed by atoms with E-state index in [0.717, 1.165) is 0 Å². The van der Waals surface area contributed by atoms with Crippen LogP contribution in [0.15, 0.2) is 0 Å². The molecule has 0 saturated heterocycles. The predicted octanol–water partition coefficient (Wildman–Crippen LogP) is 3.47. The Morgan fingerprint density at radius 3 is 1.22 bits per heavy atom. The Morgan fingerprint density at radius 2 is 1.00 bits per heavy atom. The summed E-state index contributed by atoms with van der Waals surface area (Å²) in [7, 11) is -3.68. The summed E-state index contributed by atoms with van der Waals surface area (Å²) in [5.74, 6) is 0. The molecule has 0 aromatic heterocycles. The summed E-state index contributed by atoms with van der Waals surface area (Å²) < 4.78 is 56.2. The first kappa shape index (κ1) is 23.4. The second-order valence-corrected chi connectivity index (χ2v) is 12.9. The zero-order valence-electron chi connectivity index (χ0n) is 14.9. The Balaban J connectivity index is 5.15. The Hall–Kier alpha value is 0.437. The average Bonchev–Trinajstić information content (AvgIpc) is 2.58. The fraction of sp³-hybridized carbons (Fsp3) is 1.00. The molecule has 0 aromatic carbocycles. The van der Waals surface area contributed by atoms with Crippen LogP contribution in [0.3, 0.4) is 0 Å². The largest absolute Gasteiger partial charge is 0.394 e. The lowest BCUT2D eigenvalue weighted by Gasteiger charge is -2.31. The van der Waals surface area contributed by atoms with Crippen molar-refractivity contribution in [2.75, 3.05) is 54.0 Å². The Kier molecular flexibility index (Phi) is 11.3. The lowest BCUT2D eigenvalue weighted by atomic mass is 10.9. The molecular weight excluding hydrogens is 362 g/mol. The maximum atomic E-state index is 12.3. The van der Waals surface area contributed by atoms with Crippen LogP contribution in [-0.4, -0.2) is 62.5 Å². The molecule has 0 saturated carbocycles. The van der Waals surface area contributed by atoms with Gasteiger partial charge in [-0.15, -0.1) is 0 Å². The van der Waals surface area contributed by atoms with Gasteiger partial charge in [0.25, 0.3) is 0 Å². The van der Waals surface area contributed by atoms with Crippen molar-refractivity contribution >= 4 is 23.8 Å². The standard InChI is InChI=1S/C12H30O8P2Si/c1-7-19-23(20-8-2,11-9-21(13,15-3)16-4)12-10-22(14,17-5)18-6/h7-12H2,1-6H3. The van der Waals surface area contributed by atoms with Crippen molar-refractivity contribution in [2.24, 2.45) is 0 Å². The molecule has 8 nitrogen and oxygen atoms in total. The summed E-state index contributed by atoms with van der Waals surface area (Å²) in [5.41, 5.74) is 0. The first-order valence-electron chi connectivity index (χ1n) is 7.47. The fourth-order valence-corrected chi connectivity index (χ4v) is 10.0. The van der Waals surface area contributed by atoms with Crippen LogP contribution < -0.4 is 0 Å². The van der Waals surface area contributed by atoms with E-state index in [2.05, 4.69) is 0 Å². The minimum atomic E-state index is -3.16. The molecule has 0 bridgehead atoms. The fourth-order valence-electron chi connectivity index (χ4n) is 2.11. The van der Waals surface area contributed by atoms with Crippen molar-refractivity contribution in [3.05, 3.63) is 0 Å². The summed E-state index contributed by atoms with van der Waals surface area (Å²) >= 11 is 0. The SMILES string of the molecule is CCO[Si](CCP(=O)(OC)OC)(CCP(=O)(OC)OC)OCC. The highest BCUT2D eigenvalue weighted by atomic mass is 31.2. The zero-order chi connectivity index (χ0) is 18.0. The highest BCUT2D eigenvalue weighted by Crippen LogP contribution is 2.51. The van der Waals surface area contributed by atoms with Gasteiger partial charge in [-0.1, -0.05) is 0 Å². The molecule has 140 valence electrons. The second-order valence-electron chi connectivity index (χ2n) is 4.68. The van der Waals surface area contributed by atoms with E-state index in [1.54, 1.807) is 0 Å². The summed E-state index contributed by atoms with van der Waals surface area (Å²) in [6, 6.07) is 0.808. The van der Waals surface area contributed by atoms with E-state index in [4.69, 9.17) is 26.9 Å². The van der Waals surface area contributed by atoms with E-state index in [1.807, 2.05) is 13.8 Å². The molecular formula is C12H30O8P2Si. The normalized spacial score (nSPS) is 13.5. The Bertz CT molecular complexity index is 366. The van der Waals surface area contributed by atoms with Crippen LogP contribution in [0.2, 0.25) is 12.1 Å². The molecule has 0 aromatic rings. The van der Waals surface area contributed by atoms with Gasteiger partial charge in [0.1, 0.15) is 0 Å². The van der Waals surface area contributed by atoms with E-state index in [0.29, 0.717) is 25.3 Å². The minimum Gasteiger partial charge on any atom is -0.394 e. The molecule has 0 radical (unpaired) electrons.